The molecule has 0 bridgehead atoms. The van der Waals surface area contributed by atoms with E-state index in [2.05, 4.69) is 17.1 Å². The fourth-order valence-corrected chi connectivity index (χ4v) is 2.36. The molecule has 0 aliphatic carbocycles. The van der Waals surface area contributed by atoms with Crippen LogP contribution in [0.5, 0.6) is 0 Å². The van der Waals surface area contributed by atoms with Crippen LogP contribution >= 0.6 is 11.8 Å². The summed E-state index contributed by atoms with van der Waals surface area (Å²) in [5, 5.41) is 2.30. The van der Waals surface area contributed by atoms with E-state index in [9.17, 15) is 4.79 Å². The van der Waals surface area contributed by atoms with Crippen LogP contribution in [-0.4, -0.2) is 23.3 Å². The number of nitrogens with one attached hydrogen (secondary N) is 1. The third-order valence-corrected chi connectivity index (χ3v) is 3.27. The summed E-state index contributed by atoms with van der Waals surface area (Å²) in [6.07, 6.45) is 3.29. The van der Waals surface area contributed by atoms with Gasteiger partial charge in [0, 0.05) is 22.7 Å². The van der Waals surface area contributed by atoms with Crippen LogP contribution in [0.25, 0.3) is 10.9 Å². The minimum Gasteiger partial charge on any atom is -0.463 e. The lowest BCUT2D eigenvalue weighted by Crippen LogP contribution is -1.98. The molecule has 0 saturated carbocycles. The van der Waals surface area contributed by atoms with Gasteiger partial charge in [-0.05, 0) is 19.1 Å². The van der Waals surface area contributed by atoms with Crippen LogP contribution in [-0.2, 0) is 9.53 Å². The van der Waals surface area contributed by atoms with E-state index in [1.54, 1.807) is 18.7 Å². The number of ether oxygens (including phenoxy) is 1. The molecule has 0 aliphatic rings. The fraction of sp³-hybridized carbons (Fsp3) is 0.214. The predicted octanol–water partition coefficient (Wildman–Crippen LogP) is 3.38. The number of hydrogen-bond acceptors (Lipinski definition) is 3. The Balaban J connectivity index is 1.88. The second-order valence-corrected chi connectivity index (χ2v) is 4.75. The van der Waals surface area contributed by atoms with E-state index in [0.717, 1.165) is 16.3 Å². The van der Waals surface area contributed by atoms with Gasteiger partial charge in [-0.1, -0.05) is 24.3 Å². The van der Waals surface area contributed by atoms with Crippen LogP contribution in [0.4, 0.5) is 0 Å². The third-order valence-electron chi connectivity index (χ3n) is 2.38. The van der Waals surface area contributed by atoms with E-state index < -0.39 is 0 Å². The minimum atomic E-state index is -0.283. The van der Waals surface area contributed by atoms with Gasteiger partial charge < -0.3 is 9.72 Å². The maximum atomic E-state index is 11.1. The molecule has 1 N–H and O–H groups in total. The molecule has 0 radical (unpaired) electrons. The third kappa shape index (κ3) is 3.40. The van der Waals surface area contributed by atoms with Crippen molar-refractivity contribution in [3.05, 3.63) is 42.5 Å². The molecule has 18 heavy (non-hydrogen) atoms. The highest BCUT2D eigenvalue weighted by molar-refractivity contribution is 7.99. The van der Waals surface area contributed by atoms with E-state index in [1.807, 2.05) is 24.3 Å². The van der Waals surface area contributed by atoms with Crippen molar-refractivity contribution in [2.24, 2.45) is 0 Å². The number of aromatic amines is 1. The highest BCUT2D eigenvalue weighted by Gasteiger charge is 1.99. The zero-order valence-electron chi connectivity index (χ0n) is 10.2. The molecule has 1 heterocycles. The first kappa shape index (κ1) is 12.8. The van der Waals surface area contributed by atoms with E-state index in [0.29, 0.717) is 6.61 Å². The van der Waals surface area contributed by atoms with Gasteiger partial charge in [-0.2, -0.15) is 0 Å². The number of thioether (sulfide) groups is 1. The summed E-state index contributed by atoms with van der Waals surface area (Å²) >= 11 is 1.66. The molecule has 0 spiro atoms. The van der Waals surface area contributed by atoms with Gasteiger partial charge in [-0.3, -0.25) is 0 Å². The minimum absolute atomic E-state index is 0.283. The second-order valence-electron chi connectivity index (χ2n) is 3.69. The topological polar surface area (TPSA) is 42.1 Å². The van der Waals surface area contributed by atoms with Gasteiger partial charge in [-0.25, -0.2) is 4.79 Å². The summed E-state index contributed by atoms with van der Waals surface area (Å²) in [6.45, 7) is 2.21. The Morgan fingerprint density at radius 2 is 2.28 bits per heavy atom. The first-order chi connectivity index (χ1) is 8.79. The Bertz CT molecular complexity index is 527. The monoisotopic (exact) mass is 261 g/mol. The standard InChI is InChI=1S/C14H15NO2S/c1-2-17-14(16)8-5-9-18-13-10-11-6-3-4-7-12(11)15-13/h3-8,10,15H,2,9H2,1H3/b8-5+. The molecule has 2 rings (SSSR count). The molecule has 2 aromatic rings. The summed E-state index contributed by atoms with van der Waals surface area (Å²) in [4.78, 5) is 14.4. The molecule has 1 aromatic carbocycles. The molecule has 4 heteroatoms. The fourth-order valence-electron chi connectivity index (χ4n) is 1.60. The number of rotatable bonds is 5. The zero-order valence-corrected chi connectivity index (χ0v) is 11.0. The normalized spacial score (nSPS) is 11.2. The first-order valence-electron chi connectivity index (χ1n) is 5.83. The molecular formula is C14H15NO2S. The number of H-pyrrole nitrogens is 1. The van der Waals surface area contributed by atoms with Crippen LogP contribution < -0.4 is 0 Å². The maximum absolute atomic E-state index is 11.1. The van der Waals surface area contributed by atoms with E-state index >= 15 is 0 Å². The molecule has 0 atom stereocenters. The molecule has 0 aliphatic heterocycles. The van der Waals surface area contributed by atoms with Crippen molar-refractivity contribution in [2.45, 2.75) is 11.9 Å². The lowest BCUT2D eigenvalue weighted by atomic mass is 10.3. The number of aromatic nitrogens is 1. The summed E-state index contributed by atoms with van der Waals surface area (Å²) in [7, 11) is 0. The van der Waals surface area contributed by atoms with Gasteiger partial charge in [0.05, 0.1) is 11.6 Å². The average Bonchev–Trinajstić information content (AvgIpc) is 2.77. The van der Waals surface area contributed by atoms with Crippen molar-refractivity contribution in [2.75, 3.05) is 12.4 Å². The Morgan fingerprint density at radius 1 is 1.44 bits per heavy atom. The van der Waals surface area contributed by atoms with Crippen LogP contribution in [0.2, 0.25) is 0 Å². The van der Waals surface area contributed by atoms with Gasteiger partial charge in [0.15, 0.2) is 0 Å². The quantitative estimate of drug-likeness (QED) is 0.509. The molecule has 0 unspecified atom stereocenters. The van der Waals surface area contributed by atoms with Crippen molar-refractivity contribution < 1.29 is 9.53 Å². The van der Waals surface area contributed by atoms with Crippen molar-refractivity contribution in [3.8, 4) is 0 Å². The summed E-state index contributed by atoms with van der Waals surface area (Å²) in [5.41, 5.74) is 1.13. The molecule has 0 fully saturated rings. The van der Waals surface area contributed by atoms with Gasteiger partial charge in [-0.15, -0.1) is 11.8 Å². The molecule has 1 aromatic heterocycles. The summed E-state index contributed by atoms with van der Waals surface area (Å²) in [6, 6.07) is 10.3. The van der Waals surface area contributed by atoms with Crippen LogP contribution in [0, 0.1) is 0 Å². The molecule has 94 valence electrons. The van der Waals surface area contributed by atoms with E-state index in [4.69, 9.17) is 4.74 Å². The Kier molecular flexibility index (Phi) is 4.47. The van der Waals surface area contributed by atoms with Crippen molar-refractivity contribution in [3.63, 3.8) is 0 Å². The lowest BCUT2D eigenvalue weighted by molar-refractivity contribution is -0.137. The summed E-state index contributed by atoms with van der Waals surface area (Å²) in [5.74, 6) is 0.459. The summed E-state index contributed by atoms with van der Waals surface area (Å²) < 4.78 is 4.80. The number of fused-ring (bicyclic) bond motifs is 1. The van der Waals surface area contributed by atoms with Gasteiger partial charge in [0.1, 0.15) is 0 Å². The molecule has 0 amide bonds. The highest BCUT2D eigenvalue weighted by Crippen LogP contribution is 2.22. The average molecular weight is 261 g/mol. The van der Waals surface area contributed by atoms with Crippen LogP contribution in [0.3, 0.4) is 0 Å². The molecule has 3 nitrogen and oxygen atoms in total. The number of carbonyl (C=O) groups excluding carboxylic acids is 1. The SMILES string of the molecule is CCOC(=O)/C=C/CSc1cc2ccccc2[nH]1. The zero-order chi connectivity index (χ0) is 12.8. The number of para-hydroxylation sites is 1. The van der Waals surface area contributed by atoms with Crippen LogP contribution in [0.15, 0.2) is 47.5 Å². The lowest BCUT2D eigenvalue weighted by Gasteiger charge is -1.95. The first-order valence-corrected chi connectivity index (χ1v) is 6.82. The van der Waals surface area contributed by atoms with Gasteiger partial charge in [0.2, 0.25) is 0 Å². The number of carbonyl (C=O) groups is 1. The highest BCUT2D eigenvalue weighted by atomic mass is 32.2. The number of benzene rings is 1. The van der Waals surface area contributed by atoms with Gasteiger partial charge >= 0.3 is 5.97 Å². The molecular weight excluding hydrogens is 246 g/mol. The second kappa shape index (κ2) is 6.31. The van der Waals surface area contributed by atoms with Crippen LogP contribution in [0.1, 0.15) is 6.92 Å². The largest absolute Gasteiger partial charge is 0.463 e. The van der Waals surface area contributed by atoms with Crippen molar-refractivity contribution in [1.29, 1.82) is 0 Å². The predicted molar refractivity (Wildman–Crippen MR) is 74.8 cm³/mol. The molecule has 0 saturated heterocycles. The Morgan fingerprint density at radius 3 is 3.06 bits per heavy atom. The number of hydrogen-bond donors (Lipinski definition) is 1. The smallest absolute Gasteiger partial charge is 0.330 e. The maximum Gasteiger partial charge on any atom is 0.330 e. The van der Waals surface area contributed by atoms with Gasteiger partial charge in [0.25, 0.3) is 0 Å². The Labute approximate surface area is 110 Å². The van der Waals surface area contributed by atoms with Crippen molar-refractivity contribution >= 4 is 28.6 Å². The Hall–Kier alpha value is -1.68. The van der Waals surface area contributed by atoms with E-state index in [-0.39, 0.29) is 5.97 Å². The van der Waals surface area contributed by atoms with E-state index in [1.165, 1.54) is 11.5 Å². The van der Waals surface area contributed by atoms with Crippen molar-refractivity contribution in [1.82, 2.24) is 4.98 Å². The number of esters is 1.